The molecule has 1 amide bonds. The van der Waals surface area contributed by atoms with Gasteiger partial charge in [0.15, 0.2) is 0 Å². The van der Waals surface area contributed by atoms with Gasteiger partial charge in [0.1, 0.15) is 6.04 Å². The zero-order valence-corrected chi connectivity index (χ0v) is 13.5. The minimum absolute atomic E-state index is 0.0123. The van der Waals surface area contributed by atoms with Gasteiger partial charge in [-0.25, -0.2) is 4.79 Å². The molecule has 1 N–H and O–H groups in total. The van der Waals surface area contributed by atoms with Gasteiger partial charge >= 0.3 is 5.97 Å². The third kappa shape index (κ3) is 2.49. The zero-order valence-electron chi connectivity index (χ0n) is 12.7. The van der Waals surface area contributed by atoms with Crippen LogP contribution in [0.4, 0.5) is 0 Å². The van der Waals surface area contributed by atoms with E-state index in [2.05, 4.69) is 17.2 Å². The minimum atomic E-state index is -0.947. The van der Waals surface area contributed by atoms with Gasteiger partial charge in [0, 0.05) is 6.20 Å². The first-order valence-corrected chi connectivity index (χ1v) is 8.43. The normalized spacial score (nSPS) is 30.3. The SMILES string of the molecule is CCCCc1cn(C[C@]2(C)S[C@H]3CC(=O)N3[C@H]2C(=O)O)nn1. The van der Waals surface area contributed by atoms with Gasteiger partial charge in [0.2, 0.25) is 5.91 Å². The number of unbranched alkanes of at least 4 members (excludes halogenated alkanes) is 1. The molecular formula is C14H20N4O3S. The number of hydrogen-bond donors (Lipinski definition) is 1. The number of rotatable bonds is 6. The van der Waals surface area contributed by atoms with Gasteiger partial charge in [-0.2, -0.15) is 0 Å². The Morgan fingerprint density at radius 3 is 3.00 bits per heavy atom. The molecule has 1 aromatic rings. The smallest absolute Gasteiger partial charge is 0.327 e. The number of carboxylic acid groups (broad SMARTS) is 1. The fourth-order valence-electron chi connectivity index (χ4n) is 3.19. The van der Waals surface area contributed by atoms with Crippen LogP contribution >= 0.6 is 11.8 Å². The average molecular weight is 324 g/mol. The zero-order chi connectivity index (χ0) is 15.9. The molecule has 0 bridgehead atoms. The number of nitrogens with zero attached hydrogens (tertiary/aromatic N) is 4. The second-order valence-corrected chi connectivity index (χ2v) is 7.85. The Morgan fingerprint density at radius 2 is 2.36 bits per heavy atom. The third-order valence-electron chi connectivity index (χ3n) is 4.29. The van der Waals surface area contributed by atoms with Crippen molar-refractivity contribution in [3.05, 3.63) is 11.9 Å². The van der Waals surface area contributed by atoms with Crippen molar-refractivity contribution in [3.63, 3.8) is 0 Å². The fourth-order valence-corrected chi connectivity index (χ4v) is 4.94. The van der Waals surface area contributed by atoms with E-state index in [1.54, 1.807) is 16.4 Å². The van der Waals surface area contributed by atoms with Crippen molar-refractivity contribution >= 4 is 23.6 Å². The molecule has 3 rings (SSSR count). The van der Waals surface area contributed by atoms with Crippen LogP contribution in [0.2, 0.25) is 0 Å². The van der Waals surface area contributed by atoms with Gasteiger partial charge in [-0.1, -0.05) is 18.6 Å². The first-order chi connectivity index (χ1) is 10.4. The second-order valence-electron chi connectivity index (χ2n) is 6.14. The summed E-state index contributed by atoms with van der Waals surface area (Å²) in [5, 5.41) is 17.8. The van der Waals surface area contributed by atoms with Gasteiger partial charge in [-0.05, 0) is 19.8 Å². The molecule has 2 aliphatic rings. The Morgan fingerprint density at radius 1 is 1.59 bits per heavy atom. The summed E-state index contributed by atoms with van der Waals surface area (Å²) in [5.41, 5.74) is 0.930. The summed E-state index contributed by atoms with van der Waals surface area (Å²) in [7, 11) is 0. The van der Waals surface area contributed by atoms with Crippen molar-refractivity contribution in [2.45, 2.75) is 62.2 Å². The number of thioether (sulfide) groups is 1. The number of hydrogen-bond acceptors (Lipinski definition) is 5. The maximum Gasteiger partial charge on any atom is 0.327 e. The van der Waals surface area contributed by atoms with Crippen LogP contribution in [-0.4, -0.2) is 53.0 Å². The first-order valence-electron chi connectivity index (χ1n) is 7.55. The topological polar surface area (TPSA) is 88.3 Å². The molecule has 0 radical (unpaired) electrons. The quantitative estimate of drug-likeness (QED) is 0.789. The molecule has 2 aliphatic heterocycles. The van der Waals surface area contributed by atoms with Crippen molar-refractivity contribution in [1.29, 1.82) is 0 Å². The fraction of sp³-hybridized carbons (Fsp3) is 0.714. The monoisotopic (exact) mass is 324 g/mol. The summed E-state index contributed by atoms with van der Waals surface area (Å²) in [4.78, 5) is 24.8. The first kappa shape index (κ1) is 15.3. The van der Waals surface area contributed by atoms with E-state index in [0.29, 0.717) is 13.0 Å². The van der Waals surface area contributed by atoms with Gasteiger partial charge in [-0.15, -0.1) is 16.9 Å². The Balaban J connectivity index is 1.76. The number of amides is 1. The van der Waals surface area contributed by atoms with Crippen molar-refractivity contribution in [2.75, 3.05) is 0 Å². The molecule has 2 fully saturated rings. The molecule has 2 saturated heterocycles. The predicted molar refractivity (Wildman–Crippen MR) is 81.3 cm³/mol. The largest absolute Gasteiger partial charge is 0.480 e. The summed E-state index contributed by atoms with van der Waals surface area (Å²) in [5.74, 6) is -1.02. The number of aryl methyl sites for hydroxylation is 1. The Bertz CT molecular complexity index is 605. The Kier molecular flexibility index (Phi) is 3.88. The van der Waals surface area contributed by atoms with Crippen LogP contribution in [0.5, 0.6) is 0 Å². The van der Waals surface area contributed by atoms with E-state index in [0.717, 1.165) is 25.0 Å². The van der Waals surface area contributed by atoms with E-state index in [-0.39, 0.29) is 11.3 Å². The summed E-state index contributed by atoms with van der Waals surface area (Å²) in [6.45, 7) is 4.46. The molecule has 1 aromatic heterocycles. The van der Waals surface area contributed by atoms with E-state index in [4.69, 9.17) is 0 Å². The number of fused-ring (bicyclic) bond motifs is 1. The molecule has 7 nitrogen and oxygen atoms in total. The highest BCUT2D eigenvalue weighted by atomic mass is 32.2. The Labute approximate surface area is 133 Å². The molecule has 22 heavy (non-hydrogen) atoms. The van der Waals surface area contributed by atoms with E-state index >= 15 is 0 Å². The van der Waals surface area contributed by atoms with Crippen molar-refractivity contribution in [3.8, 4) is 0 Å². The minimum Gasteiger partial charge on any atom is -0.480 e. The van der Waals surface area contributed by atoms with E-state index in [1.165, 1.54) is 4.90 Å². The molecule has 0 aromatic carbocycles. The van der Waals surface area contributed by atoms with Crippen LogP contribution in [0.25, 0.3) is 0 Å². The number of carbonyl (C=O) groups is 2. The standard InChI is InChI=1S/C14H20N4O3S/c1-3-4-5-9-7-17(16-15-9)8-14(2)12(13(20)21)18-10(19)6-11(18)22-14/h7,11-12H,3-6,8H2,1-2H3,(H,20,21)/t11-,12-,14-/m0/s1. The van der Waals surface area contributed by atoms with Gasteiger partial charge in [0.05, 0.1) is 28.8 Å². The van der Waals surface area contributed by atoms with E-state index in [9.17, 15) is 14.7 Å². The highest BCUT2D eigenvalue weighted by Crippen LogP contribution is 2.51. The summed E-state index contributed by atoms with van der Waals surface area (Å²) < 4.78 is 1.13. The maximum absolute atomic E-state index is 11.7. The summed E-state index contributed by atoms with van der Waals surface area (Å²) in [6, 6.07) is -0.799. The van der Waals surface area contributed by atoms with Crippen LogP contribution in [0.15, 0.2) is 6.20 Å². The molecule has 3 atom stereocenters. The molecule has 0 saturated carbocycles. The highest BCUT2D eigenvalue weighted by Gasteiger charge is 2.60. The number of aliphatic carboxylic acids is 1. The number of carboxylic acids is 1. The molecule has 0 unspecified atom stereocenters. The lowest BCUT2D eigenvalue weighted by atomic mass is 9.96. The van der Waals surface area contributed by atoms with E-state index in [1.807, 2.05) is 13.1 Å². The van der Waals surface area contributed by atoms with Crippen LogP contribution in [0.3, 0.4) is 0 Å². The lowest BCUT2D eigenvalue weighted by molar-refractivity contribution is -0.157. The average Bonchev–Trinajstić information content (AvgIpc) is 2.97. The predicted octanol–water partition coefficient (Wildman–Crippen LogP) is 1.14. The van der Waals surface area contributed by atoms with Crippen molar-refractivity contribution < 1.29 is 14.7 Å². The highest BCUT2D eigenvalue weighted by molar-refractivity contribution is 8.01. The molecule has 120 valence electrons. The number of β-lactam (4-membered cyclic amide) rings is 1. The third-order valence-corrected chi connectivity index (χ3v) is 5.85. The number of carbonyl (C=O) groups excluding carboxylic acids is 1. The van der Waals surface area contributed by atoms with Crippen LogP contribution in [-0.2, 0) is 22.6 Å². The summed E-state index contributed by atoms with van der Waals surface area (Å²) >= 11 is 1.56. The lowest BCUT2D eigenvalue weighted by Gasteiger charge is -2.36. The maximum atomic E-state index is 11.7. The molecule has 0 spiro atoms. The van der Waals surface area contributed by atoms with Crippen LogP contribution < -0.4 is 0 Å². The van der Waals surface area contributed by atoms with Crippen molar-refractivity contribution in [1.82, 2.24) is 19.9 Å². The second kappa shape index (κ2) is 5.57. The molecule has 3 heterocycles. The number of aromatic nitrogens is 3. The molecule has 8 heteroatoms. The van der Waals surface area contributed by atoms with Gasteiger partial charge in [0.25, 0.3) is 0 Å². The molecule has 0 aliphatic carbocycles. The lowest BCUT2D eigenvalue weighted by Crippen LogP contribution is -2.58. The molecular weight excluding hydrogens is 304 g/mol. The van der Waals surface area contributed by atoms with Crippen LogP contribution in [0, 0.1) is 0 Å². The van der Waals surface area contributed by atoms with Gasteiger partial charge in [-0.3, -0.25) is 9.48 Å². The van der Waals surface area contributed by atoms with E-state index < -0.39 is 16.8 Å². The van der Waals surface area contributed by atoms with Crippen molar-refractivity contribution in [2.24, 2.45) is 0 Å². The van der Waals surface area contributed by atoms with Gasteiger partial charge < -0.3 is 10.0 Å². The summed E-state index contributed by atoms with van der Waals surface area (Å²) in [6.07, 6.45) is 5.37. The Hall–Kier alpha value is -1.57. The van der Waals surface area contributed by atoms with Crippen LogP contribution in [0.1, 0.15) is 38.8 Å².